The number of fused-ring (bicyclic) bond motifs is 2. The van der Waals surface area contributed by atoms with E-state index in [-0.39, 0.29) is 58.6 Å². The summed E-state index contributed by atoms with van der Waals surface area (Å²) in [6.45, 7) is 6.65. The first-order chi connectivity index (χ1) is 19.9. The Hall–Kier alpha value is -4.42. The Balaban J connectivity index is 1.91. The number of rotatable bonds is 12. The van der Waals surface area contributed by atoms with Gasteiger partial charge in [-0.25, -0.2) is 0 Å². The molecule has 2 aromatic rings. The Morgan fingerprint density at radius 2 is 1.00 bits per heavy atom. The van der Waals surface area contributed by atoms with Crippen molar-refractivity contribution in [2.24, 2.45) is 11.8 Å². The monoisotopic (exact) mass is 580 g/mol. The van der Waals surface area contributed by atoms with Crippen LogP contribution >= 0.6 is 0 Å². The number of ketones is 2. The van der Waals surface area contributed by atoms with E-state index in [9.17, 15) is 28.8 Å². The second kappa shape index (κ2) is 14.0. The summed E-state index contributed by atoms with van der Waals surface area (Å²) in [5, 5.41) is 11.0. The Bertz CT molecular complexity index is 1300. The van der Waals surface area contributed by atoms with Gasteiger partial charge in [-0.05, 0) is 24.0 Å². The highest BCUT2D eigenvalue weighted by atomic mass is 16.5. The van der Waals surface area contributed by atoms with Gasteiger partial charge in [-0.2, -0.15) is 0 Å². The van der Waals surface area contributed by atoms with Crippen LogP contribution in [0.2, 0.25) is 0 Å². The molecule has 4 N–H and O–H groups in total. The van der Waals surface area contributed by atoms with Crippen molar-refractivity contribution in [3.8, 4) is 0 Å². The predicted molar refractivity (Wildman–Crippen MR) is 154 cm³/mol. The van der Waals surface area contributed by atoms with E-state index in [1.54, 1.807) is 39.8 Å². The van der Waals surface area contributed by atoms with Gasteiger partial charge in [-0.3, -0.25) is 39.4 Å². The third kappa shape index (κ3) is 7.07. The van der Waals surface area contributed by atoms with Crippen LogP contribution in [-0.2, 0) is 28.7 Å². The Kier molecular flexibility index (Phi) is 10.7. The summed E-state index contributed by atoms with van der Waals surface area (Å²) in [6.07, 6.45) is 0. The molecule has 2 aromatic carbocycles. The maximum atomic E-state index is 13.6. The van der Waals surface area contributed by atoms with Gasteiger partial charge in [0.15, 0.2) is 11.6 Å². The molecule has 2 amide bonds. The minimum Gasteiger partial charge on any atom is -0.468 e. The maximum Gasteiger partial charge on any atom is 0.323 e. The van der Waals surface area contributed by atoms with Crippen LogP contribution in [0.1, 0.15) is 59.5 Å². The standard InChI is InChI=1S/C30H36N4O8/c1-15(2)25(29(39)41-5)31-13-21(35)33-19-11-12-20(34-22(36)14-32-26(16(3)4)30(40)42-6)24-23(19)27(37)17-9-7-8-10-18(17)28(24)38/h7-12,15-16,25-26,31-32H,13-14H2,1-6H3,(H,33,35)(H,34,36)/t25-,26-/m1/s1. The van der Waals surface area contributed by atoms with E-state index in [0.29, 0.717) is 0 Å². The van der Waals surface area contributed by atoms with Gasteiger partial charge in [0, 0.05) is 11.1 Å². The predicted octanol–water partition coefficient (Wildman–Crippen LogP) is 1.91. The number of carbonyl (C=O) groups excluding carboxylic acids is 6. The zero-order chi connectivity index (χ0) is 31.1. The van der Waals surface area contributed by atoms with Gasteiger partial charge < -0.3 is 20.1 Å². The second-order valence-corrected chi connectivity index (χ2v) is 10.5. The zero-order valence-corrected chi connectivity index (χ0v) is 24.5. The summed E-state index contributed by atoms with van der Waals surface area (Å²) >= 11 is 0. The molecule has 0 saturated carbocycles. The van der Waals surface area contributed by atoms with Gasteiger partial charge in [-0.15, -0.1) is 0 Å². The molecule has 1 aliphatic rings. The number of amides is 2. The van der Waals surface area contributed by atoms with Gasteiger partial charge >= 0.3 is 11.9 Å². The van der Waals surface area contributed by atoms with Crippen molar-refractivity contribution in [3.05, 3.63) is 58.7 Å². The first-order valence-corrected chi connectivity index (χ1v) is 13.5. The molecular weight excluding hydrogens is 544 g/mol. The number of hydrogen-bond acceptors (Lipinski definition) is 10. The van der Waals surface area contributed by atoms with Gasteiger partial charge in [0.25, 0.3) is 0 Å². The molecule has 0 unspecified atom stereocenters. The lowest BCUT2D eigenvalue weighted by Gasteiger charge is -2.24. The molecule has 42 heavy (non-hydrogen) atoms. The smallest absolute Gasteiger partial charge is 0.323 e. The van der Waals surface area contributed by atoms with Crippen LogP contribution < -0.4 is 21.3 Å². The summed E-state index contributed by atoms with van der Waals surface area (Å²) < 4.78 is 9.57. The first kappa shape index (κ1) is 32.1. The molecule has 0 radical (unpaired) electrons. The van der Waals surface area contributed by atoms with Crippen molar-refractivity contribution in [3.63, 3.8) is 0 Å². The van der Waals surface area contributed by atoms with Crippen LogP contribution in [0.25, 0.3) is 0 Å². The van der Waals surface area contributed by atoms with Crippen molar-refractivity contribution >= 4 is 46.7 Å². The van der Waals surface area contributed by atoms with Crippen LogP contribution in [0.5, 0.6) is 0 Å². The SMILES string of the molecule is COC(=O)[C@H](NCC(=O)Nc1ccc(NC(=O)CN[C@@H](C(=O)OC)C(C)C)c2c1C(=O)c1ccccc1C2=O)C(C)C. The highest BCUT2D eigenvalue weighted by molar-refractivity contribution is 6.32. The molecule has 0 heterocycles. The number of anilines is 2. The molecule has 0 fully saturated rings. The Morgan fingerprint density at radius 1 is 0.643 bits per heavy atom. The molecule has 12 nitrogen and oxygen atoms in total. The normalized spacial score (nSPS) is 13.6. The lowest BCUT2D eigenvalue weighted by Crippen LogP contribution is -2.45. The van der Waals surface area contributed by atoms with Gasteiger partial charge in [0.05, 0.1) is 49.8 Å². The molecule has 0 bridgehead atoms. The number of nitrogens with one attached hydrogen (secondary N) is 4. The topological polar surface area (TPSA) is 169 Å². The van der Waals surface area contributed by atoms with Crippen LogP contribution in [-0.4, -0.2) is 74.7 Å². The van der Waals surface area contributed by atoms with Crippen LogP contribution in [0.4, 0.5) is 11.4 Å². The molecule has 1 aliphatic carbocycles. The van der Waals surface area contributed by atoms with Crippen LogP contribution in [0.15, 0.2) is 36.4 Å². The summed E-state index contributed by atoms with van der Waals surface area (Å²) in [4.78, 5) is 77.1. The summed E-state index contributed by atoms with van der Waals surface area (Å²) in [5.74, 6) is -3.48. The number of esters is 2. The molecule has 12 heteroatoms. The van der Waals surface area contributed by atoms with Crippen molar-refractivity contribution < 1.29 is 38.2 Å². The summed E-state index contributed by atoms with van der Waals surface area (Å²) in [5.41, 5.74) is 0.340. The summed E-state index contributed by atoms with van der Waals surface area (Å²) in [6, 6.07) is 7.66. The highest BCUT2D eigenvalue weighted by Crippen LogP contribution is 2.36. The van der Waals surface area contributed by atoms with Crippen molar-refractivity contribution in [2.75, 3.05) is 37.9 Å². The van der Waals surface area contributed by atoms with Gasteiger partial charge in [0.2, 0.25) is 11.8 Å². The Morgan fingerprint density at radius 3 is 1.31 bits per heavy atom. The minimum absolute atomic E-state index is 0.0687. The van der Waals surface area contributed by atoms with Crippen LogP contribution in [0.3, 0.4) is 0 Å². The van der Waals surface area contributed by atoms with E-state index in [2.05, 4.69) is 21.3 Å². The largest absolute Gasteiger partial charge is 0.468 e. The van der Waals surface area contributed by atoms with E-state index in [0.717, 1.165) is 0 Å². The second-order valence-electron chi connectivity index (χ2n) is 10.5. The van der Waals surface area contributed by atoms with Gasteiger partial charge in [-0.1, -0.05) is 52.0 Å². The fourth-order valence-corrected chi connectivity index (χ4v) is 4.66. The average molecular weight is 581 g/mol. The van der Waals surface area contributed by atoms with E-state index in [1.165, 1.54) is 38.5 Å². The first-order valence-electron chi connectivity index (χ1n) is 13.5. The van der Waals surface area contributed by atoms with E-state index in [4.69, 9.17) is 9.47 Å². The number of benzene rings is 2. The quantitative estimate of drug-likeness (QED) is 0.232. The number of methoxy groups -OCH3 is 2. The average Bonchev–Trinajstić information content (AvgIpc) is 2.95. The molecule has 2 atom stereocenters. The number of ether oxygens (including phenoxy) is 2. The molecule has 0 aliphatic heterocycles. The lowest BCUT2D eigenvalue weighted by atomic mass is 9.82. The van der Waals surface area contributed by atoms with Crippen LogP contribution in [0, 0.1) is 11.8 Å². The molecule has 3 rings (SSSR count). The summed E-state index contributed by atoms with van der Waals surface area (Å²) in [7, 11) is 2.51. The van der Waals surface area contributed by atoms with Crippen molar-refractivity contribution in [1.82, 2.24) is 10.6 Å². The van der Waals surface area contributed by atoms with E-state index in [1.807, 2.05) is 0 Å². The van der Waals surface area contributed by atoms with Crippen molar-refractivity contribution in [2.45, 2.75) is 39.8 Å². The fraction of sp³-hybridized carbons (Fsp3) is 0.400. The van der Waals surface area contributed by atoms with E-state index < -0.39 is 47.4 Å². The molecule has 224 valence electrons. The van der Waals surface area contributed by atoms with Gasteiger partial charge in [0.1, 0.15) is 12.1 Å². The molecule has 0 saturated heterocycles. The molecule has 0 aromatic heterocycles. The fourth-order valence-electron chi connectivity index (χ4n) is 4.66. The number of hydrogen-bond donors (Lipinski definition) is 4. The third-order valence-electron chi connectivity index (χ3n) is 6.83. The zero-order valence-electron chi connectivity index (χ0n) is 24.5. The molecular formula is C30H36N4O8. The van der Waals surface area contributed by atoms with E-state index >= 15 is 0 Å². The molecule has 0 spiro atoms. The third-order valence-corrected chi connectivity index (χ3v) is 6.83. The highest BCUT2D eigenvalue weighted by Gasteiger charge is 2.35. The number of carbonyl (C=O) groups is 6. The maximum absolute atomic E-state index is 13.6. The lowest BCUT2D eigenvalue weighted by molar-refractivity contribution is -0.145. The minimum atomic E-state index is -0.731. The Labute approximate surface area is 243 Å². The van der Waals surface area contributed by atoms with Crippen molar-refractivity contribution in [1.29, 1.82) is 0 Å².